The van der Waals surface area contributed by atoms with Crippen molar-refractivity contribution in [1.82, 2.24) is 20.1 Å². The molecule has 4 heteroatoms. The predicted octanol–water partition coefficient (Wildman–Crippen LogP) is 1.58. The van der Waals surface area contributed by atoms with Crippen LogP contribution in [0.15, 0.2) is 6.33 Å². The van der Waals surface area contributed by atoms with Gasteiger partial charge in [0.1, 0.15) is 12.2 Å². The molecule has 0 aromatic carbocycles. The molecule has 1 aromatic heterocycles. The Labute approximate surface area is 91.1 Å². The van der Waals surface area contributed by atoms with E-state index in [-0.39, 0.29) is 0 Å². The van der Waals surface area contributed by atoms with Crippen LogP contribution in [0.25, 0.3) is 0 Å². The standard InChI is InChI=1S/C11H20N4/c1-2-6-12-8-11-13-9-14-15(11)7-5-10-3-4-10/h9-10,12H,2-8H2,1H3. The summed E-state index contributed by atoms with van der Waals surface area (Å²) in [7, 11) is 0. The number of nitrogens with one attached hydrogen (secondary N) is 1. The minimum absolute atomic E-state index is 0.846. The first kappa shape index (κ1) is 10.6. The highest BCUT2D eigenvalue weighted by atomic mass is 15.3. The van der Waals surface area contributed by atoms with Crippen molar-refractivity contribution in [3.8, 4) is 0 Å². The fourth-order valence-corrected chi connectivity index (χ4v) is 1.70. The fourth-order valence-electron chi connectivity index (χ4n) is 1.70. The monoisotopic (exact) mass is 208 g/mol. The van der Waals surface area contributed by atoms with Gasteiger partial charge in [0.05, 0.1) is 6.54 Å². The van der Waals surface area contributed by atoms with Crippen LogP contribution in [0, 0.1) is 5.92 Å². The van der Waals surface area contributed by atoms with Gasteiger partial charge in [-0.05, 0) is 25.3 Å². The minimum atomic E-state index is 0.846. The lowest BCUT2D eigenvalue weighted by molar-refractivity contribution is 0.508. The molecule has 1 heterocycles. The topological polar surface area (TPSA) is 42.7 Å². The van der Waals surface area contributed by atoms with Crippen LogP contribution in [-0.2, 0) is 13.1 Å². The van der Waals surface area contributed by atoms with Gasteiger partial charge in [0.2, 0.25) is 0 Å². The Bertz CT molecular complexity index is 291. The Kier molecular flexibility index (Phi) is 3.72. The van der Waals surface area contributed by atoms with Crippen LogP contribution in [-0.4, -0.2) is 21.3 Å². The summed E-state index contributed by atoms with van der Waals surface area (Å²) in [6.07, 6.45) is 6.92. The van der Waals surface area contributed by atoms with Crippen LogP contribution >= 0.6 is 0 Å². The molecule has 1 N–H and O–H groups in total. The maximum atomic E-state index is 4.28. The number of aromatic nitrogens is 3. The molecular formula is C11H20N4. The Balaban J connectivity index is 1.78. The molecule has 15 heavy (non-hydrogen) atoms. The van der Waals surface area contributed by atoms with Crippen molar-refractivity contribution in [2.24, 2.45) is 5.92 Å². The number of nitrogens with zero attached hydrogens (tertiary/aromatic N) is 3. The van der Waals surface area contributed by atoms with Crippen molar-refractivity contribution < 1.29 is 0 Å². The van der Waals surface area contributed by atoms with Gasteiger partial charge in [-0.1, -0.05) is 19.8 Å². The minimum Gasteiger partial charge on any atom is -0.310 e. The Morgan fingerprint density at radius 1 is 1.53 bits per heavy atom. The number of rotatable bonds is 7. The molecule has 0 radical (unpaired) electrons. The molecule has 1 saturated carbocycles. The zero-order chi connectivity index (χ0) is 10.5. The number of hydrogen-bond donors (Lipinski definition) is 1. The van der Waals surface area contributed by atoms with Gasteiger partial charge >= 0.3 is 0 Å². The van der Waals surface area contributed by atoms with Gasteiger partial charge in [0.25, 0.3) is 0 Å². The summed E-state index contributed by atoms with van der Waals surface area (Å²) in [5.41, 5.74) is 0. The zero-order valence-electron chi connectivity index (χ0n) is 9.45. The van der Waals surface area contributed by atoms with Crippen molar-refractivity contribution >= 4 is 0 Å². The van der Waals surface area contributed by atoms with Crippen molar-refractivity contribution in [3.05, 3.63) is 12.2 Å². The highest BCUT2D eigenvalue weighted by molar-refractivity contribution is 4.84. The third-order valence-electron chi connectivity index (χ3n) is 2.85. The van der Waals surface area contributed by atoms with Gasteiger partial charge in [0, 0.05) is 6.54 Å². The second-order valence-electron chi connectivity index (χ2n) is 4.31. The van der Waals surface area contributed by atoms with Crippen LogP contribution in [0.4, 0.5) is 0 Å². The summed E-state index contributed by atoms with van der Waals surface area (Å²) in [5, 5.41) is 7.62. The molecule has 0 amide bonds. The molecule has 0 saturated heterocycles. The maximum absolute atomic E-state index is 4.28. The van der Waals surface area contributed by atoms with E-state index in [2.05, 4.69) is 22.3 Å². The summed E-state index contributed by atoms with van der Waals surface area (Å²) in [6.45, 7) is 5.10. The first-order valence-corrected chi connectivity index (χ1v) is 5.97. The van der Waals surface area contributed by atoms with Gasteiger partial charge in [-0.15, -0.1) is 0 Å². The summed E-state index contributed by atoms with van der Waals surface area (Å²) < 4.78 is 2.04. The summed E-state index contributed by atoms with van der Waals surface area (Å²) in [6, 6.07) is 0. The van der Waals surface area contributed by atoms with Crippen molar-refractivity contribution in [1.29, 1.82) is 0 Å². The van der Waals surface area contributed by atoms with Crippen LogP contribution in [0.1, 0.15) is 38.4 Å². The van der Waals surface area contributed by atoms with E-state index in [4.69, 9.17) is 0 Å². The lowest BCUT2D eigenvalue weighted by Crippen LogP contribution is -2.18. The third kappa shape index (κ3) is 3.30. The molecule has 0 bridgehead atoms. The normalized spacial score (nSPS) is 15.8. The van der Waals surface area contributed by atoms with E-state index in [0.717, 1.165) is 37.8 Å². The Morgan fingerprint density at radius 3 is 3.13 bits per heavy atom. The molecule has 0 aliphatic heterocycles. The zero-order valence-corrected chi connectivity index (χ0v) is 9.45. The van der Waals surface area contributed by atoms with Crippen LogP contribution in [0.5, 0.6) is 0 Å². The summed E-state index contributed by atoms with van der Waals surface area (Å²) in [4.78, 5) is 4.28. The second-order valence-corrected chi connectivity index (χ2v) is 4.31. The average Bonchev–Trinajstić information content (AvgIpc) is 2.97. The second kappa shape index (κ2) is 5.26. The fraction of sp³-hybridized carbons (Fsp3) is 0.818. The highest BCUT2D eigenvalue weighted by Crippen LogP contribution is 2.32. The molecule has 4 nitrogen and oxygen atoms in total. The number of hydrogen-bond acceptors (Lipinski definition) is 3. The van der Waals surface area contributed by atoms with E-state index < -0.39 is 0 Å². The molecule has 1 aliphatic carbocycles. The molecule has 2 rings (SSSR count). The van der Waals surface area contributed by atoms with E-state index in [1.807, 2.05) is 4.68 Å². The lowest BCUT2D eigenvalue weighted by Gasteiger charge is -2.06. The SMILES string of the molecule is CCCNCc1ncnn1CCC1CC1. The van der Waals surface area contributed by atoms with E-state index in [9.17, 15) is 0 Å². The molecule has 0 atom stereocenters. The Hall–Kier alpha value is -0.900. The average molecular weight is 208 g/mol. The van der Waals surface area contributed by atoms with E-state index in [1.54, 1.807) is 6.33 Å². The van der Waals surface area contributed by atoms with Gasteiger partial charge in [0.15, 0.2) is 0 Å². The molecule has 1 aliphatic rings. The highest BCUT2D eigenvalue weighted by Gasteiger charge is 2.21. The molecular weight excluding hydrogens is 188 g/mol. The molecule has 0 unspecified atom stereocenters. The quantitative estimate of drug-likeness (QED) is 0.692. The van der Waals surface area contributed by atoms with Crippen LogP contribution < -0.4 is 5.32 Å². The number of aryl methyl sites for hydroxylation is 1. The van der Waals surface area contributed by atoms with E-state index in [0.29, 0.717) is 0 Å². The molecule has 1 fully saturated rings. The lowest BCUT2D eigenvalue weighted by atomic mass is 10.3. The maximum Gasteiger partial charge on any atom is 0.140 e. The summed E-state index contributed by atoms with van der Waals surface area (Å²) >= 11 is 0. The largest absolute Gasteiger partial charge is 0.310 e. The van der Waals surface area contributed by atoms with Gasteiger partial charge in [-0.3, -0.25) is 0 Å². The van der Waals surface area contributed by atoms with Crippen molar-refractivity contribution in [2.45, 2.75) is 45.7 Å². The first-order valence-electron chi connectivity index (χ1n) is 5.97. The van der Waals surface area contributed by atoms with E-state index in [1.165, 1.54) is 19.3 Å². The molecule has 1 aromatic rings. The third-order valence-corrected chi connectivity index (χ3v) is 2.85. The van der Waals surface area contributed by atoms with Gasteiger partial charge in [-0.25, -0.2) is 9.67 Å². The molecule has 84 valence electrons. The van der Waals surface area contributed by atoms with Gasteiger partial charge in [-0.2, -0.15) is 5.10 Å². The Morgan fingerprint density at radius 2 is 2.40 bits per heavy atom. The smallest absolute Gasteiger partial charge is 0.140 e. The molecule has 0 spiro atoms. The first-order chi connectivity index (χ1) is 7.40. The van der Waals surface area contributed by atoms with Crippen molar-refractivity contribution in [2.75, 3.05) is 6.54 Å². The predicted molar refractivity (Wildman–Crippen MR) is 59.4 cm³/mol. The summed E-state index contributed by atoms with van der Waals surface area (Å²) in [5.74, 6) is 2.04. The van der Waals surface area contributed by atoms with Gasteiger partial charge < -0.3 is 5.32 Å². The van der Waals surface area contributed by atoms with Crippen molar-refractivity contribution in [3.63, 3.8) is 0 Å². The van der Waals surface area contributed by atoms with Crippen LogP contribution in [0.3, 0.4) is 0 Å². The van der Waals surface area contributed by atoms with E-state index >= 15 is 0 Å². The van der Waals surface area contributed by atoms with Crippen LogP contribution in [0.2, 0.25) is 0 Å².